The lowest BCUT2D eigenvalue weighted by Crippen LogP contribution is -2.44. The largest absolute Gasteiger partial charge is 0.490 e. The van der Waals surface area contributed by atoms with E-state index in [1.807, 2.05) is 24.3 Å². The van der Waals surface area contributed by atoms with Gasteiger partial charge in [0, 0.05) is 17.5 Å². The molecule has 0 saturated carbocycles. The standard InChI is InChI=1S/C23H27NO3/c1-4-15-26-18-13-11-17(12-14-18)22(25)24-20-16-23(5-2,6-3)27-21-10-8-7-9-19(20)21/h4,7-14,20H,1,5-6,15-16H2,2-3H3,(H,24,25). The van der Waals surface area contributed by atoms with Crippen LogP contribution in [0.15, 0.2) is 61.2 Å². The van der Waals surface area contributed by atoms with Crippen molar-refractivity contribution in [1.82, 2.24) is 5.32 Å². The van der Waals surface area contributed by atoms with Crippen LogP contribution >= 0.6 is 0 Å². The Labute approximate surface area is 161 Å². The van der Waals surface area contributed by atoms with Crippen molar-refractivity contribution < 1.29 is 14.3 Å². The van der Waals surface area contributed by atoms with E-state index in [9.17, 15) is 4.79 Å². The van der Waals surface area contributed by atoms with Gasteiger partial charge in [0.05, 0.1) is 6.04 Å². The lowest BCUT2D eigenvalue weighted by molar-refractivity contribution is 0.0227. The Morgan fingerprint density at radius 3 is 2.59 bits per heavy atom. The van der Waals surface area contributed by atoms with E-state index in [0.29, 0.717) is 12.2 Å². The first-order valence-electron chi connectivity index (χ1n) is 9.53. The molecule has 2 aromatic rings. The van der Waals surface area contributed by atoms with Gasteiger partial charge in [-0.3, -0.25) is 4.79 Å². The Balaban J connectivity index is 1.79. The molecule has 4 heteroatoms. The summed E-state index contributed by atoms with van der Waals surface area (Å²) in [5.41, 5.74) is 1.41. The maximum absolute atomic E-state index is 12.8. The van der Waals surface area contributed by atoms with Crippen molar-refractivity contribution in [3.8, 4) is 11.5 Å². The number of carbonyl (C=O) groups excluding carboxylic acids is 1. The summed E-state index contributed by atoms with van der Waals surface area (Å²) in [6.45, 7) is 8.35. The summed E-state index contributed by atoms with van der Waals surface area (Å²) in [6, 6.07) is 15.1. The maximum Gasteiger partial charge on any atom is 0.251 e. The zero-order valence-electron chi connectivity index (χ0n) is 16.0. The average molecular weight is 365 g/mol. The van der Waals surface area contributed by atoms with Crippen LogP contribution in [0.3, 0.4) is 0 Å². The molecule has 0 saturated heterocycles. The third kappa shape index (κ3) is 4.16. The second-order valence-electron chi connectivity index (χ2n) is 6.88. The average Bonchev–Trinajstić information content (AvgIpc) is 2.72. The van der Waals surface area contributed by atoms with E-state index in [0.717, 1.165) is 36.3 Å². The van der Waals surface area contributed by atoms with Crippen LogP contribution < -0.4 is 14.8 Å². The van der Waals surface area contributed by atoms with E-state index in [-0.39, 0.29) is 17.6 Å². The van der Waals surface area contributed by atoms with Crippen molar-refractivity contribution in [3.63, 3.8) is 0 Å². The summed E-state index contributed by atoms with van der Waals surface area (Å²) in [6.07, 6.45) is 4.26. The van der Waals surface area contributed by atoms with Crippen molar-refractivity contribution >= 4 is 5.91 Å². The summed E-state index contributed by atoms with van der Waals surface area (Å²) in [7, 11) is 0. The predicted octanol–water partition coefficient (Wildman–Crippen LogP) is 5.06. The highest BCUT2D eigenvalue weighted by Gasteiger charge is 2.38. The van der Waals surface area contributed by atoms with E-state index in [4.69, 9.17) is 9.47 Å². The van der Waals surface area contributed by atoms with Crippen LogP contribution in [-0.4, -0.2) is 18.1 Å². The molecule has 1 atom stereocenters. The minimum absolute atomic E-state index is 0.0703. The molecule has 142 valence electrons. The predicted molar refractivity (Wildman–Crippen MR) is 107 cm³/mol. The highest BCUT2D eigenvalue weighted by molar-refractivity contribution is 5.94. The van der Waals surface area contributed by atoms with Crippen molar-refractivity contribution in [3.05, 3.63) is 72.3 Å². The molecule has 0 spiro atoms. The van der Waals surface area contributed by atoms with Gasteiger partial charge in [-0.1, -0.05) is 44.7 Å². The quantitative estimate of drug-likeness (QED) is 0.697. The molecule has 3 rings (SSSR count). The van der Waals surface area contributed by atoms with Gasteiger partial charge in [-0.15, -0.1) is 0 Å². The van der Waals surface area contributed by atoms with Crippen LogP contribution in [-0.2, 0) is 0 Å². The number of hydrogen-bond donors (Lipinski definition) is 1. The summed E-state index contributed by atoms with van der Waals surface area (Å²) in [5.74, 6) is 1.50. The fraction of sp³-hybridized carbons (Fsp3) is 0.348. The summed E-state index contributed by atoms with van der Waals surface area (Å²) in [4.78, 5) is 12.8. The second kappa shape index (κ2) is 8.30. The fourth-order valence-electron chi connectivity index (χ4n) is 3.53. The number of nitrogens with one attached hydrogen (secondary N) is 1. The first kappa shape index (κ1) is 19.0. The number of carbonyl (C=O) groups is 1. The van der Waals surface area contributed by atoms with E-state index in [1.165, 1.54) is 0 Å². The molecule has 0 bridgehead atoms. The van der Waals surface area contributed by atoms with Gasteiger partial charge < -0.3 is 14.8 Å². The van der Waals surface area contributed by atoms with E-state index < -0.39 is 0 Å². The van der Waals surface area contributed by atoms with Crippen molar-refractivity contribution in [1.29, 1.82) is 0 Å². The SMILES string of the molecule is C=CCOc1ccc(C(=O)NC2CC(CC)(CC)Oc3ccccc32)cc1. The summed E-state index contributed by atoms with van der Waals surface area (Å²) < 4.78 is 11.8. The molecule has 1 amide bonds. The minimum atomic E-state index is -0.241. The fourth-order valence-corrected chi connectivity index (χ4v) is 3.53. The molecule has 2 aromatic carbocycles. The molecule has 1 unspecified atom stereocenters. The number of ether oxygens (including phenoxy) is 2. The molecule has 0 radical (unpaired) electrons. The smallest absolute Gasteiger partial charge is 0.251 e. The number of rotatable bonds is 7. The lowest BCUT2D eigenvalue weighted by Gasteiger charge is -2.41. The first-order valence-corrected chi connectivity index (χ1v) is 9.53. The topological polar surface area (TPSA) is 47.6 Å². The van der Waals surface area contributed by atoms with Gasteiger partial charge in [-0.05, 0) is 43.2 Å². The second-order valence-corrected chi connectivity index (χ2v) is 6.88. The third-order valence-corrected chi connectivity index (χ3v) is 5.28. The summed E-state index contributed by atoms with van der Waals surface area (Å²) in [5, 5.41) is 3.20. The molecule has 1 N–H and O–H groups in total. The zero-order chi connectivity index (χ0) is 19.3. The maximum atomic E-state index is 12.8. The number of benzene rings is 2. The van der Waals surface area contributed by atoms with Crippen molar-refractivity contribution in [2.45, 2.75) is 44.8 Å². The lowest BCUT2D eigenvalue weighted by atomic mass is 9.83. The van der Waals surface area contributed by atoms with Crippen molar-refractivity contribution in [2.75, 3.05) is 6.61 Å². The van der Waals surface area contributed by atoms with E-state index >= 15 is 0 Å². The molecule has 0 aromatic heterocycles. The van der Waals surface area contributed by atoms with Gasteiger partial charge in [0.1, 0.15) is 23.7 Å². The molecule has 0 fully saturated rings. The highest BCUT2D eigenvalue weighted by atomic mass is 16.5. The van der Waals surface area contributed by atoms with Gasteiger partial charge in [0.15, 0.2) is 0 Å². The Bertz CT molecular complexity index is 794. The molecular formula is C23H27NO3. The monoisotopic (exact) mass is 365 g/mol. The number of amides is 1. The van der Waals surface area contributed by atoms with Gasteiger partial charge >= 0.3 is 0 Å². The molecule has 1 heterocycles. The van der Waals surface area contributed by atoms with Gasteiger partial charge in [-0.2, -0.15) is 0 Å². The normalized spacial score (nSPS) is 17.3. The van der Waals surface area contributed by atoms with Crippen molar-refractivity contribution in [2.24, 2.45) is 0 Å². The van der Waals surface area contributed by atoms with Crippen LogP contribution in [0.25, 0.3) is 0 Å². The Kier molecular flexibility index (Phi) is 5.84. The van der Waals surface area contributed by atoms with E-state index in [1.54, 1.807) is 30.3 Å². The molecule has 1 aliphatic rings. The third-order valence-electron chi connectivity index (χ3n) is 5.28. The number of hydrogen-bond acceptors (Lipinski definition) is 3. The van der Waals surface area contributed by atoms with Crippen LogP contribution in [0.4, 0.5) is 0 Å². The zero-order valence-corrected chi connectivity index (χ0v) is 16.0. The van der Waals surface area contributed by atoms with Gasteiger partial charge in [-0.25, -0.2) is 0 Å². The minimum Gasteiger partial charge on any atom is -0.490 e. The summed E-state index contributed by atoms with van der Waals surface area (Å²) >= 11 is 0. The van der Waals surface area contributed by atoms with Crippen LogP contribution in [0, 0.1) is 0 Å². The molecule has 4 nitrogen and oxygen atoms in total. The first-order chi connectivity index (χ1) is 13.1. The molecule has 1 aliphatic heterocycles. The molecule has 27 heavy (non-hydrogen) atoms. The Hall–Kier alpha value is -2.75. The molecular weight excluding hydrogens is 338 g/mol. The highest BCUT2D eigenvalue weighted by Crippen LogP contribution is 2.42. The number of fused-ring (bicyclic) bond motifs is 1. The Morgan fingerprint density at radius 1 is 1.22 bits per heavy atom. The van der Waals surface area contributed by atoms with Crippen LogP contribution in [0.2, 0.25) is 0 Å². The van der Waals surface area contributed by atoms with Crippen LogP contribution in [0.1, 0.15) is 55.1 Å². The van der Waals surface area contributed by atoms with Crippen LogP contribution in [0.5, 0.6) is 11.5 Å². The number of para-hydroxylation sites is 1. The van der Waals surface area contributed by atoms with E-state index in [2.05, 4.69) is 25.7 Å². The molecule has 0 aliphatic carbocycles. The Morgan fingerprint density at radius 2 is 1.93 bits per heavy atom. The van der Waals surface area contributed by atoms with Gasteiger partial charge in [0.25, 0.3) is 5.91 Å². The van der Waals surface area contributed by atoms with Gasteiger partial charge in [0.2, 0.25) is 0 Å².